The number of aliphatic carboxylic acids is 1. The third-order valence-electron chi connectivity index (χ3n) is 2.65. The maximum absolute atomic E-state index is 11.4. The van der Waals surface area contributed by atoms with E-state index in [2.05, 4.69) is 10.2 Å². The van der Waals surface area contributed by atoms with Crippen LogP contribution in [0.1, 0.15) is 11.5 Å². The highest BCUT2D eigenvalue weighted by Gasteiger charge is 2.20. The zero-order chi connectivity index (χ0) is 14.5. The highest BCUT2D eigenvalue weighted by atomic mass is 32.2. The molecule has 0 fully saturated rings. The van der Waals surface area contributed by atoms with Crippen molar-refractivity contribution in [3.8, 4) is 0 Å². The van der Waals surface area contributed by atoms with Crippen LogP contribution in [0.2, 0.25) is 0 Å². The summed E-state index contributed by atoms with van der Waals surface area (Å²) in [6.07, 6.45) is 0. The van der Waals surface area contributed by atoms with Crippen LogP contribution in [-0.2, 0) is 4.79 Å². The summed E-state index contributed by atoms with van der Waals surface area (Å²) in [5.74, 6) is -0.907. The molecule has 1 atom stereocenters. The Bertz CT molecular complexity index is 572. The van der Waals surface area contributed by atoms with Gasteiger partial charge in [0.1, 0.15) is 0 Å². The molecule has 0 radical (unpaired) electrons. The van der Waals surface area contributed by atoms with Crippen LogP contribution in [0.25, 0.3) is 0 Å². The van der Waals surface area contributed by atoms with Crippen molar-refractivity contribution in [2.45, 2.75) is 10.3 Å². The molecule has 0 aliphatic carbocycles. The number of benzene rings is 1. The monoisotopic (exact) mass is 309 g/mol. The molecule has 0 aliphatic rings. The molecule has 1 heterocycles. The number of carbonyl (C=O) groups is 1. The molecule has 0 spiro atoms. The molecular formula is C13H15N3O2S2. The van der Waals surface area contributed by atoms with Crippen molar-refractivity contribution in [3.05, 3.63) is 35.9 Å². The van der Waals surface area contributed by atoms with Gasteiger partial charge in [-0.15, -0.1) is 10.2 Å². The summed E-state index contributed by atoms with van der Waals surface area (Å²) in [5, 5.41) is 18.3. The quantitative estimate of drug-likeness (QED) is 0.827. The fourth-order valence-electron chi connectivity index (χ4n) is 1.59. The highest BCUT2D eigenvalue weighted by molar-refractivity contribution is 8.01. The van der Waals surface area contributed by atoms with E-state index in [0.717, 1.165) is 15.0 Å². The number of carboxylic acids is 1. The second kappa shape index (κ2) is 6.71. The minimum absolute atomic E-state index is 0.446. The lowest BCUT2D eigenvalue weighted by Crippen LogP contribution is -2.13. The van der Waals surface area contributed by atoms with Crippen LogP contribution in [0.15, 0.2) is 34.7 Å². The van der Waals surface area contributed by atoms with E-state index in [0.29, 0.717) is 5.75 Å². The predicted molar refractivity (Wildman–Crippen MR) is 81.8 cm³/mol. The lowest BCUT2D eigenvalue weighted by molar-refractivity contribution is -0.138. The molecule has 5 nitrogen and oxygen atoms in total. The number of thioether (sulfide) groups is 1. The normalized spacial score (nSPS) is 12.1. The Balaban J connectivity index is 2.04. The molecule has 1 aromatic carbocycles. The second-order valence-electron chi connectivity index (χ2n) is 4.36. The van der Waals surface area contributed by atoms with E-state index in [1.807, 2.05) is 49.3 Å². The van der Waals surface area contributed by atoms with Crippen LogP contribution >= 0.6 is 23.1 Å². The summed E-state index contributed by atoms with van der Waals surface area (Å²) >= 11 is 2.89. The number of hydrogen-bond donors (Lipinski definition) is 1. The van der Waals surface area contributed by atoms with E-state index in [1.165, 1.54) is 23.1 Å². The first-order chi connectivity index (χ1) is 9.58. The summed E-state index contributed by atoms with van der Waals surface area (Å²) in [7, 11) is 3.80. The molecule has 1 N–H and O–H groups in total. The van der Waals surface area contributed by atoms with Gasteiger partial charge in [-0.1, -0.05) is 53.4 Å². The van der Waals surface area contributed by atoms with Gasteiger partial charge in [-0.05, 0) is 5.56 Å². The fraction of sp³-hybridized carbons (Fsp3) is 0.308. The SMILES string of the molecule is CN(C)c1nnc(SCC(C(=O)O)c2ccccc2)s1. The van der Waals surface area contributed by atoms with Gasteiger partial charge < -0.3 is 10.0 Å². The number of rotatable bonds is 6. The van der Waals surface area contributed by atoms with E-state index in [-0.39, 0.29) is 0 Å². The molecule has 7 heteroatoms. The molecule has 2 rings (SSSR count). The van der Waals surface area contributed by atoms with Crippen LogP contribution in [0.4, 0.5) is 5.13 Å². The van der Waals surface area contributed by atoms with Crippen LogP contribution < -0.4 is 4.90 Å². The van der Waals surface area contributed by atoms with Gasteiger partial charge in [0.2, 0.25) is 5.13 Å². The Labute approximate surface area is 125 Å². The number of aromatic nitrogens is 2. The average Bonchev–Trinajstić information content (AvgIpc) is 2.89. The smallest absolute Gasteiger partial charge is 0.311 e. The van der Waals surface area contributed by atoms with E-state index >= 15 is 0 Å². The number of hydrogen-bond acceptors (Lipinski definition) is 6. The summed E-state index contributed by atoms with van der Waals surface area (Å²) in [4.78, 5) is 13.3. The lowest BCUT2D eigenvalue weighted by atomic mass is 10.0. The molecule has 0 aliphatic heterocycles. The van der Waals surface area contributed by atoms with E-state index in [1.54, 1.807) is 0 Å². The van der Waals surface area contributed by atoms with Gasteiger partial charge in [0.15, 0.2) is 4.34 Å². The van der Waals surface area contributed by atoms with Crippen molar-refractivity contribution in [1.29, 1.82) is 0 Å². The summed E-state index contributed by atoms with van der Waals surface area (Å²) in [6, 6.07) is 9.26. The lowest BCUT2D eigenvalue weighted by Gasteiger charge is -2.10. The van der Waals surface area contributed by atoms with Gasteiger partial charge in [0, 0.05) is 19.8 Å². The topological polar surface area (TPSA) is 66.3 Å². The van der Waals surface area contributed by atoms with E-state index in [9.17, 15) is 9.90 Å². The fourth-order valence-corrected chi connectivity index (χ4v) is 3.50. The van der Waals surface area contributed by atoms with Crippen molar-refractivity contribution in [2.24, 2.45) is 0 Å². The Morgan fingerprint density at radius 3 is 2.60 bits per heavy atom. The third-order valence-corrected chi connectivity index (χ3v) is 4.97. The number of carboxylic acid groups (broad SMARTS) is 1. The molecular weight excluding hydrogens is 294 g/mol. The molecule has 2 aromatic rings. The van der Waals surface area contributed by atoms with Gasteiger partial charge in [0.25, 0.3) is 0 Å². The molecule has 106 valence electrons. The largest absolute Gasteiger partial charge is 0.481 e. The van der Waals surface area contributed by atoms with Gasteiger partial charge in [-0.3, -0.25) is 4.79 Å². The first kappa shape index (κ1) is 14.8. The molecule has 1 aromatic heterocycles. The van der Waals surface area contributed by atoms with Crippen molar-refractivity contribution >= 4 is 34.2 Å². The molecule has 0 saturated heterocycles. The van der Waals surface area contributed by atoms with Gasteiger partial charge in [-0.25, -0.2) is 0 Å². The Hall–Kier alpha value is -1.60. The van der Waals surface area contributed by atoms with Gasteiger partial charge >= 0.3 is 5.97 Å². The number of anilines is 1. The first-order valence-electron chi connectivity index (χ1n) is 5.99. The Morgan fingerprint density at radius 1 is 1.35 bits per heavy atom. The third kappa shape index (κ3) is 3.71. The molecule has 1 unspecified atom stereocenters. The van der Waals surface area contributed by atoms with Crippen LogP contribution in [0.5, 0.6) is 0 Å². The summed E-state index contributed by atoms with van der Waals surface area (Å²) in [5.41, 5.74) is 0.810. The minimum Gasteiger partial charge on any atom is -0.481 e. The minimum atomic E-state index is -0.818. The van der Waals surface area contributed by atoms with Crippen LogP contribution in [-0.4, -0.2) is 41.1 Å². The molecule has 0 saturated carbocycles. The van der Waals surface area contributed by atoms with Crippen LogP contribution in [0.3, 0.4) is 0 Å². The zero-order valence-electron chi connectivity index (χ0n) is 11.2. The Morgan fingerprint density at radius 2 is 2.05 bits per heavy atom. The van der Waals surface area contributed by atoms with E-state index < -0.39 is 11.9 Å². The molecule has 20 heavy (non-hydrogen) atoms. The molecule has 0 amide bonds. The molecule has 0 bridgehead atoms. The van der Waals surface area contributed by atoms with E-state index in [4.69, 9.17) is 0 Å². The number of nitrogens with zero attached hydrogens (tertiary/aromatic N) is 3. The highest BCUT2D eigenvalue weighted by Crippen LogP contribution is 2.31. The van der Waals surface area contributed by atoms with Gasteiger partial charge in [-0.2, -0.15) is 0 Å². The second-order valence-corrected chi connectivity index (χ2v) is 6.58. The predicted octanol–water partition coefficient (Wildman–Crippen LogP) is 2.56. The summed E-state index contributed by atoms with van der Waals surface area (Å²) < 4.78 is 0.788. The summed E-state index contributed by atoms with van der Waals surface area (Å²) in [6.45, 7) is 0. The maximum Gasteiger partial charge on any atom is 0.311 e. The van der Waals surface area contributed by atoms with Crippen molar-refractivity contribution in [2.75, 3.05) is 24.7 Å². The van der Waals surface area contributed by atoms with Gasteiger partial charge in [0.05, 0.1) is 5.92 Å². The maximum atomic E-state index is 11.4. The first-order valence-corrected chi connectivity index (χ1v) is 7.79. The Kier molecular flexibility index (Phi) is 4.97. The van der Waals surface area contributed by atoms with Crippen molar-refractivity contribution in [1.82, 2.24) is 10.2 Å². The average molecular weight is 309 g/mol. The van der Waals surface area contributed by atoms with Crippen molar-refractivity contribution < 1.29 is 9.90 Å². The van der Waals surface area contributed by atoms with Crippen LogP contribution in [0, 0.1) is 0 Å². The van der Waals surface area contributed by atoms with Crippen molar-refractivity contribution in [3.63, 3.8) is 0 Å². The zero-order valence-corrected chi connectivity index (χ0v) is 12.8. The standard InChI is InChI=1S/C13H15N3O2S2/c1-16(2)12-14-15-13(20-12)19-8-10(11(17)18)9-6-4-3-5-7-9/h3-7,10H,8H2,1-2H3,(H,17,18).